The van der Waals surface area contributed by atoms with Crippen LogP contribution in [-0.4, -0.2) is 59.7 Å². The van der Waals surface area contributed by atoms with E-state index in [-0.39, 0.29) is 35.1 Å². The Kier molecular flexibility index (Phi) is 5.18. The Morgan fingerprint density at radius 1 is 1.24 bits per heavy atom. The summed E-state index contributed by atoms with van der Waals surface area (Å²) in [4.78, 5) is 15.1. The molecule has 1 amide bonds. The number of hydrogen-bond donors (Lipinski definition) is 2. The first-order valence-corrected chi connectivity index (χ1v) is 10.3. The summed E-state index contributed by atoms with van der Waals surface area (Å²) in [6.45, 7) is 1.18. The van der Waals surface area contributed by atoms with Crippen LogP contribution in [0.5, 0.6) is 0 Å². The number of nitrogens with one attached hydrogen (secondary N) is 2. The first kappa shape index (κ1) is 19.3. The van der Waals surface area contributed by atoms with Crippen molar-refractivity contribution in [3.05, 3.63) is 60.4 Å². The van der Waals surface area contributed by atoms with Gasteiger partial charge in [0.05, 0.1) is 13.2 Å². The van der Waals surface area contributed by atoms with Crippen molar-refractivity contribution in [2.45, 2.75) is 4.90 Å². The lowest BCUT2D eigenvalue weighted by molar-refractivity contribution is 0.0730. The zero-order chi connectivity index (χ0) is 20.4. The Bertz CT molecular complexity index is 1120. The minimum absolute atomic E-state index is 0.00948. The van der Waals surface area contributed by atoms with Crippen LogP contribution in [0.15, 0.2) is 53.8 Å². The largest absolute Gasteiger partial charge is 0.379 e. The molecule has 0 bridgehead atoms. The number of amides is 1. The lowest BCUT2D eigenvalue weighted by Gasteiger charge is -2.25. The molecule has 0 atom stereocenters. The molecule has 2 N–H and O–H groups in total. The van der Waals surface area contributed by atoms with Gasteiger partial charge in [-0.2, -0.15) is 9.40 Å². The molecule has 29 heavy (non-hydrogen) atoms. The number of morpholine rings is 1. The highest BCUT2D eigenvalue weighted by molar-refractivity contribution is 7.89. The number of anilines is 1. The number of hydrogen-bond acceptors (Lipinski definition) is 5. The molecule has 9 nitrogen and oxygen atoms in total. The van der Waals surface area contributed by atoms with Gasteiger partial charge in [-0.25, -0.2) is 17.5 Å². The van der Waals surface area contributed by atoms with Crippen LogP contribution in [0.2, 0.25) is 0 Å². The van der Waals surface area contributed by atoms with Crippen molar-refractivity contribution in [3.63, 3.8) is 0 Å². The van der Waals surface area contributed by atoms with Crippen molar-refractivity contribution >= 4 is 21.6 Å². The zero-order valence-electron chi connectivity index (χ0n) is 15.2. The number of carbonyl (C=O) groups excluding carboxylic acids is 1. The van der Waals surface area contributed by atoms with E-state index in [1.807, 2.05) is 0 Å². The van der Waals surface area contributed by atoms with E-state index in [9.17, 15) is 17.6 Å². The lowest BCUT2D eigenvalue weighted by Crippen LogP contribution is -2.40. The number of halogens is 1. The third kappa shape index (κ3) is 3.92. The summed E-state index contributed by atoms with van der Waals surface area (Å²) in [5.41, 5.74) is 0.524. The Morgan fingerprint density at radius 3 is 2.72 bits per heavy atom. The second-order valence-electron chi connectivity index (χ2n) is 6.34. The molecule has 2 aromatic heterocycles. The monoisotopic (exact) mass is 419 g/mol. The topological polar surface area (TPSA) is 109 Å². The fourth-order valence-electron chi connectivity index (χ4n) is 2.97. The fraction of sp³-hybridized carbons (Fsp3) is 0.222. The molecule has 0 radical (unpaired) electrons. The SMILES string of the molecule is O=C(Nc1ccc(-n2cccn2)c(F)c1)c1cc(S(=O)(=O)N2CCOCC2)c[nH]1. The first-order valence-electron chi connectivity index (χ1n) is 8.82. The maximum Gasteiger partial charge on any atom is 0.272 e. The quantitative estimate of drug-likeness (QED) is 0.653. The number of rotatable bonds is 5. The van der Waals surface area contributed by atoms with Crippen molar-refractivity contribution < 1.29 is 22.3 Å². The summed E-state index contributed by atoms with van der Waals surface area (Å²) in [5, 5.41) is 6.51. The number of ether oxygens (including phenoxy) is 1. The average Bonchev–Trinajstić information content (AvgIpc) is 3.41. The standard InChI is InChI=1S/C18H18FN5O4S/c19-15-10-13(2-3-17(15)24-5-1-4-21-24)22-18(25)16-11-14(12-20-16)29(26,27)23-6-8-28-9-7-23/h1-5,10-12,20H,6-9H2,(H,22,25). The summed E-state index contributed by atoms with van der Waals surface area (Å²) in [6.07, 6.45) is 4.40. The number of nitrogens with zero attached hydrogens (tertiary/aromatic N) is 3. The van der Waals surface area contributed by atoms with Crippen LogP contribution in [-0.2, 0) is 14.8 Å². The molecule has 11 heteroatoms. The van der Waals surface area contributed by atoms with Crippen LogP contribution in [0.25, 0.3) is 5.69 Å². The van der Waals surface area contributed by atoms with Gasteiger partial charge in [0.15, 0.2) is 5.82 Å². The van der Waals surface area contributed by atoms with Crippen LogP contribution in [0.1, 0.15) is 10.5 Å². The minimum atomic E-state index is -3.71. The van der Waals surface area contributed by atoms with Crippen LogP contribution in [0.4, 0.5) is 10.1 Å². The van der Waals surface area contributed by atoms with E-state index in [1.165, 1.54) is 45.6 Å². The van der Waals surface area contributed by atoms with E-state index in [0.717, 1.165) is 0 Å². The van der Waals surface area contributed by atoms with Gasteiger partial charge in [-0.1, -0.05) is 0 Å². The van der Waals surface area contributed by atoms with Crippen molar-refractivity contribution in [2.75, 3.05) is 31.6 Å². The van der Waals surface area contributed by atoms with Gasteiger partial charge >= 0.3 is 0 Å². The Morgan fingerprint density at radius 2 is 2.03 bits per heavy atom. The van der Waals surface area contributed by atoms with E-state index in [0.29, 0.717) is 13.2 Å². The summed E-state index contributed by atoms with van der Waals surface area (Å²) >= 11 is 0. The highest BCUT2D eigenvalue weighted by Crippen LogP contribution is 2.20. The first-order chi connectivity index (χ1) is 13.9. The highest BCUT2D eigenvalue weighted by atomic mass is 32.2. The van der Waals surface area contributed by atoms with E-state index in [2.05, 4.69) is 15.4 Å². The van der Waals surface area contributed by atoms with Gasteiger partial charge in [-0.15, -0.1) is 0 Å². The number of benzene rings is 1. The Labute approximate surface area is 166 Å². The molecule has 152 valence electrons. The van der Waals surface area contributed by atoms with Crippen molar-refractivity contribution in [1.82, 2.24) is 19.1 Å². The zero-order valence-corrected chi connectivity index (χ0v) is 16.0. The van der Waals surface area contributed by atoms with Gasteiger partial charge in [-0.05, 0) is 30.3 Å². The molecular weight excluding hydrogens is 401 g/mol. The second kappa shape index (κ2) is 7.78. The number of sulfonamides is 1. The number of carbonyl (C=O) groups is 1. The molecule has 4 rings (SSSR count). The smallest absolute Gasteiger partial charge is 0.272 e. The van der Waals surface area contributed by atoms with Crippen molar-refractivity contribution in [3.8, 4) is 5.69 Å². The number of aromatic amines is 1. The van der Waals surface area contributed by atoms with Crippen LogP contribution in [0.3, 0.4) is 0 Å². The Hall–Kier alpha value is -3.02. The fourth-order valence-corrected chi connectivity index (χ4v) is 4.37. The third-order valence-corrected chi connectivity index (χ3v) is 6.34. The molecule has 0 unspecified atom stereocenters. The van der Waals surface area contributed by atoms with Gasteiger partial charge in [0.2, 0.25) is 10.0 Å². The molecule has 1 saturated heterocycles. The summed E-state index contributed by atoms with van der Waals surface area (Å²) < 4.78 is 47.4. The van der Waals surface area contributed by atoms with E-state index < -0.39 is 21.7 Å². The molecular formula is C18H18FN5O4S. The Balaban J connectivity index is 1.49. The van der Waals surface area contributed by atoms with E-state index in [1.54, 1.807) is 12.3 Å². The summed E-state index contributed by atoms with van der Waals surface area (Å²) in [5.74, 6) is -1.15. The van der Waals surface area contributed by atoms with Crippen molar-refractivity contribution in [1.29, 1.82) is 0 Å². The molecule has 0 aliphatic carbocycles. The maximum absolute atomic E-state index is 14.3. The summed E-state index contributed by atoms with van der Waals surface area (Å²) in [7, 11) is -3.71. The maximum atomic E-state index is 14.3. The van der Waals surface area contributed by atoms with Gasteiger partial charge in [0, 0.05) is 37.4 Å². The molecule has 0 saturated carbocycles. The second-order valence-corrected chi connectivity index (χ2v) is 8.27. The number of aromatic nitrogens is 3. The molecule has 3 heterocycles. The molecule has 3 aromatic rings. The predicted molar refractivity (Wildman–Crippen MR) is 102 cm³/mol. The van der Waals surface area contributed by atoms with Gasteiger partial charge in [0.25, 0.3) is 5.91 Å². The number of H-pyrrole nitrogens is 1. The molecule has 0 spiro atoms. The lowest BCUT2D eigenvalue weighted by atomic mass is 10.2. The normalized spacial score (nSPS) is 15.3. The van der Waals surface area contributed by atoms with Gasteiger partial charge < -0.3 is 15.0 Å². The highest BCUT2D eigenvalue weighted by Gasteiger charge is 2.28. The van der Waals surface area contributed by atoms with Gasteiger partial charge in [-0.3, -0.25) is 4.79 Å². The average molecular weight is 419 g/mol. The minimum Gasteiger partial charge on any atom is -0.379 e. The summed E-state index contributed by atoms with van der Waals surface area (Å²) in [6, 6.07) is 7.12. The predicted octanol–water partition coefficient (Wildman–Crippen LogP) is 1.61. The third-order valence-electron chi connectivity index (χ3n) is 4.47. The van der Waals surface area contributed by atoms with Crippen LogP contribution < -0.4 is 5.32 Å². The molecule has 1 aliphatic heterocycles. The van der Waals surface area contributed by atoms with E-state index in [4.69, 9.17) is 4.74 Å². The van der Waals surface area contributed by atoms with Crippen LogP contribution >= 0.6 is 0 Å². The van der Waals surface area contributed by atoms with Crippen LogP contribution in [0, 0.1) is 5.82 Å². The molecule has 1 aliphatic rings. The van der Waals surface area contributed by atoms with Crippen molar-refractivity contribution in [2.24, 2.45) is 0 Å². The van der Waals surface area contributed by atoms with Gasteiger partial charge in [0.1, 0.15) is 16.3 Å². The van der Waals surface area contributed by atoms with E-state index >= 15 is 0 Å². The molecule has 1 fully saturated rings. The molecule has 1 aromatic carbocycles.